The van der Waals surface area contributed by atoms with Crippen molar-refractivity contribution in [2.45, 2.75) is 19.3 Å². The molecule has 0 spiro atoms. The van der Waals surface area contributed by atoms with Gasteiger partial charge in [-0.25, -0.2) is 0 Å². The van der Waals surface area contributed by atoms with Crippen LogP contribution in [0.3, 0.4) is 0 Å². The predicted octanol–water partition coefficient (Wildman–Crippen LogP) is 3.81. The van der Waals surface area contributed by atoms with Crippen LogP contribution in [0.25, 0.3) is 0 Å². The highest BCUT2D eigenvalue weighted by Gasteiger charge is 1.96. The lowest BCUT2D eigenvalue weighted by molar-refractivity contribution is 0.306. The van der Waals surface area contributed by atoms with Crippen LogP contribution in [0.2, 0.25) is 0 Å². The van der Waals surface area contributed by atoms with E-state index >= 15 is 0 Å². The number of halogens is 1. The van der Waals surface area contributed by atoms with Crippen LogP contribution in [0.1, 0.15) is 18.4 Å². The van der Waals surface area contributed by atoms with Crippen molar-refractivity contribution in [2.75, 3.05) is 19.7 Å². The molecule has 2 N–H and O–H groups in total. The van der Waals surface area contributed by atoms with Gasteiger partial charge in [0.05, 0.1) is 6.61 Å². The van der Waals surface area contributed by atoms with Gasteiger partial charge in [0, 0.05) is 6.07 Å². The highest BCUT2D eigenvalue weighted by atomic mass is 35.5. The van der Waals surface area contributed by atoms with Crippen LogP contribution in [-0.2, 0) is 6.42 Å². The quantitative estimate of drug-likeness (QED) is 0.690. The molecule has 2 aromatic rings. The molecule has 0 aliphatic heterocycles. The molecule has 4 heteroatoms. The Morgan fingerprint density at radius 2 is 1.68 bits per heavy atom. The molecule has 0 bridgehead atoms. The molecule has 0 radical (unpaired) electrons. The molecule has 0 saturated heterocycles. The minimum Gasteiger partial charge on any atom is -0.508 e. The molecule has 0 aliphatic carbocycles. The van der Waals surface area contributed by atoms with Crippen molar-refractivity contribution in [3.63, 3.8) is 0 Å². The number of aromatic hydroxyl groups is 1. The van der Waals surface area contributed by atoms with E-state index in [0.717, 1.165) is 38.1 Å². The second-order valence-corrected chi connectivity index (χ2v) is 5.04. The lowest BCUT2D eigenvalue weighted by atomic mass is 10.1. The van der Waals surface area contributed by atoms with E-state index in [2.05, 4.69) is 29.6 Å². The summed E-state index contributed by atoms with van der Waals surface area (Å²) in [6.07, 6.45) is 3.23. The second-order valence-electron chi connectivity index (χ2n) is 5.04. The molecule has 0 aromatic heterocycles. The molecule has 0 atom stereocenters. The van der Waals surface area contributed by atoms with E-state index in [1.165, 1.54) is 5.56 Å². The Morgan fingerprint density at radius 3 is 2.45 bits per heavy atom. The predicted molar refractivity (Wildman–Crippen MR) is 93.1 cm³/mol. The van der Waals surface area contributed by atoms with Crippen LogP contribution in [0.15, 0.2) is 54.6 Å². The van der Waals surface area contributed by atoms with Gasteiger partial charge in [0.25, 0.3) is 0 Å². The summed E-state index contributed by atoms with van der Waals surface area (Å²) in [4.78, 5) is 0. The van der Waals surface area contributed by atoms with Crippen LogP contribution in [0.5, 0.6) is 11.5 Å². The first kappa shape index (κ1) is 18.3. The van der Waals surface area contributed by atoms with Crippen LogP contribution < -0.4 is 10.1 Å². The minimum absolute atomic E-state index is 0. The van der Waals surface area contributed by atoms with Gasteiger partial charge < -0.3 is 15.2 Å². The molecule has 2 rings (SSSR count). The van der Waals surface area contributed by atoms with Crippen molar-refractivity contribution in [1.82, 2.24) is 5.32 Å². The third-order valence-corrected chi connectivity index (χ3v) is 3.25. The van der Waals surface area contributed by atoms with Gasteiger partial charge >= 0.3 is 0 Å². The zero-order valence-corrected chi connectivity index (χ0v) is 13.5. The van der Waals surface area contributed by atoms with Gasteiger partial charge in [-0.15, -0.1) is 12.4 Å². The maximum absolute atomic E-state index is 9.31. The summed E-state index contributed by atoms with van der Waals surface area (Å²) in [5, 5.41) is 12.7. The highest BCUT2D eigenvalue weighted by molar-refractivity contribution is 5.85. The van der Waals surface area contributed by atoms with E-state index in [0.29, 0.717) is 6.61 Å². The summed E-state index contributed by atoms with van der Waals surface area (Å²) < 4.78 is 5.56. The van der Waals surface area contributed by atoms with Crippen molar-refractivity contribution in [3.05, 3.63) is 60.2 Å². The molecule has 120 valence electrons. The molecule has 0 fully saturated rings. The average Bonchev–Trinajstić information content (AvgIpc) is 2.51. The van der Waals surface area contributed by atoms with Gasteiger partial charge in [-0.05, 0) is 50.0 Å². The van der Waals surface area contributed by atoms with Gasteiger partial charge in [-0.1, -0.05) is 36.4 Å². The van der Waals surface area contributed by atoms with Gasteiger partial charge in [-0.3, -0.25) is 0 Å². The number of ether oxygens (including phenoxy) is 1. The monoisotopic (exact) mass is 321 g/mol. The third kappa shape index (κ3) is 7.34. The van der Waals surface area contributed by atoms with E-state index in [-0.39, 0.29) is 18.2 Å². The van der Waals surface area contributed by atoms with Gasteiger partial charge in [0.1, 0.15) is 11.5 Å². The molecule has 2 aromatic carbocycles. The Morgan fingerprint density at radius 1 is 0.909 bits per heavy atom. The number of aryl methyl sites for hydroxylation is 1. The Kier molecular flexibility index (Phi) is 9.12. The standard InChI is InChI=1S/C18H23NO2.ClH/c20-17-10-4-11-18(15-17)21-14-6-13-19-12-5-9-16-7-2-1-3-8-16;/h1-4,7-8,10-11,15,19-20H,5-6,9,12-14H2;1H. The Balaban J connectivity index is 0.00000242. The van der Waals surface area contributed by atoms with Crippen LogP contribution in [-0.4, -0.2) is 24.8 Å². The van der Waals surface area contributed by atoms with Crippen molar-refractivity contribution >= 4 is 12.4 Å². The van der Waals surface area contributed by atoms with Crippen LogP contribution in [0, 0.1) is 0 Å². The first-order valence-corrected chi connectivity index (χ1v) is 7.51. The summed E-state index contributed by atoms with van der Waals surface area (Å²) >= 11 is 0. The summed E-state index contributed by atoms with van der Waals surface area (Å²) in [6, 6.07) is 17.5. The lowest BCUT2D eigenvalue weighted by Gasteiger charge is -2.07. The number of rotatable bonds is 9. The van der Waals surface area contributed by atoms with Crippen molar-refractivity contribution in [2.24, 2.45) is 0 Å². The van der Waals surface area contributed by atoms with Gasteiger partial charge in [0.15, 0.2) is 0 Å². The van der Waals surface area contributed by atoms with Gasteiger partial charge in [-0.2, -0.15) is 0 Å². The lowest BCUT2D eigenvalue weighted by Crippen LogP contribution is -2.19. The van der Waals surface area contributed by atoms with Crippen molar-refractivity contribution in [3.8, 4) is 11.5 Å². The molecule has 22 heavy (non-hydrogen) atoms. The maximum Gasteiger partial charge on any atom is 0.122 e. The van der Waals surface area contributed by atoms with E-state index in [9.17, 15) is 5.11 Å². The summed E-state index contributed by atoms with van der Waals surface area (Å²) in [7, 11) is 0. The second kappa shape index (κ2) is 10.9. The Bertz CT molecular complexity index is 520. The first-order valence-electron chi connectivity index (χ1n) is 7.51. The summed E-state index contributed by atoms with van der Waals surface area (Å²) in [5.74, 6) is 0.964. The molecule has 0 unspecified atom stereocenters. The maximum atomic E-state index is 9.31. The summed E-state index contributed by atoms with van der Waals surface area (Å²) in [5.41, 5.74) is 1.39. The van der Waals surface area contributed by atoms with E-state index in [1.807, 2.05) is 12.1 Å². The first-order chi connectivity index (χ1) is 10.3. The molecular weight excluding hydrogens is 298 g/mol. The molecular formula is C18H24ClNO2. The van der Waals surface area contributed by atoms with Crippen LogP contribution in [0.4, 0.5) is 0 Å². The molecule has 0 aliphatic rings. The third-order valence-electron chi connectivity index (χ3n) is 3.25. The number of hydrogen-bond donors (Lipinski definition) is 2. The fourth-order valence-corrected chi connectivity index (χ4v) is 2.15. The zero-order chi connectivity index (χ0) is 14.8. The normalized spacial score (nSPS) is 10.0. The Hall–Kier alpha value is -1.71. The highest BCUT2D eigenvalue weighted by Crippen LogP contribution is 2.17. The van der Waals surface area contributed by atoms with Gasteiger partial charge in [0.2, 0.25) is 0 Å². The van der Waals surface area contributed by atoms with Crippen LogP contribution >= 0.6 is 12.4 Å². The number of nitrogens with one attached hydrogen (secondary N) is 1. The number of phenols is 1. The Labute approximate surface area is 138 Å². The molecule has 0 saturated carbocycles. The molecule has 0 heterocycles. The zero-order valence-electron chi connectivity index (χ0n) is 12.7. The van der Waals surface area contributed by atoms with E-state index in [4.69, 9.17) is 4.74 Å². The minimum atomic E-state index is 0. The van der Waals surface area contributed by atoms with E-state index < -0.39 is 0 Å². The van der Waals surface area contributed by atoms with Crippen molar-refractivity contribution < 1.29 is 9.84 Å². The fraction of sp³-hybridized carbons (Fsp3) is 0.333. The van der Waals surface area contributed by atoms with E-state index in [1.54, 1.807) is 18.2 Å². The number of hydrogen-bond acceptors (Lipinski definition) is 3. The SMILES string of the molecule is Cl.Oc1cccc(OCCCNCCCc2ccccc2)c1. The number of phenolic OH excluding ortho intramolecular Hbond substituents is 1. The van der Waals surface area contributed by atoms with Crippen molar-refractivity contribution in [1.29, 1.82) is 0 Å². The summed E-state index contributed by atoms with van der Waals surface area (Å²) in [6.45, 7) is 2.64. The largest absolute Gasteiger partial charge is 0.508 e. The number of benzene rings is 2. The fourth-order valence-electron chi connectivity index (χ4n) is 2.15. The topological polar surface area (TPSA) is 41.5 Å². The smallest absolute Gasteiger partial charge is 0.122 e. The molecule has 0 amide bonds. The molecule has 3 nitrogen and oxygen atoms in total. The average molecular weight is 322 g/mol.